The number of rotatable bonds is 1. The number of benzene rings is 1. The predicted octanol–water partition coefficient (Wildman–Crippen LogP) is 3.57. The fourth-order valence-electron chi connectivity index (χ4n) is 1.88. The van der Waals surface area contributed by atoms with Gasteiger partial charge in [0.1, 0.15) is 0 Å². The minimum atomic E-state index is -0.269. The van der Waals surface area contributed by atoms with Crippen molar-refractivity contribution in [1.82, 2.24) is 0 Å². The SMILES string of the molecule is CC1(C)CCOC(=O)N1c1cccc(Br)c1. The highest BCUT2D eigenvalue weighted by atomic mass is 79.9. The van der Waals surface area contributed by atoms with Gasteiger partial charge in [0.05, 0.1) is 6.61 Å². The monoisotopic (exact) mass is 283 g/mol. The summed E-state index contributed by atoms with van der Waals surface area (Å²) in [5.74, 6) is 0. The molecule has 1 saturated heterocycles. The molecule has 0 atom stereocenters. The molecule has 0 aliphatic carbocycles. The number of hydrogen-bond acceptors (Lipinski definition) is 2. The van der Waals surface area contributed by atoms with E-state index in [1.54, 1.807) is 4.90 Å². The smallest absolute Gasteiger partial charge is 0.414 e. The van der Waals surface area contributed by atoms with Crippen LogP contribution in [0.2, 0.25) is 0 Å². The van der Waals surface area contributed by atoms with E-state index in [0.29, 0.717) is 6.61 Å². The van der Waals surface area contributed by atoms with Gasteiger partial charge < -0.3 is 4.74 Å². The van der Waals surface area contributed by atoms with Crippen molar-refractivity contribution in [2.45, 2.75) is 25.8 Å². The Balaban J connectivity index is 2.40. The van der Waals surface area contributed by atoms with Crippen molar-refractivity contribution >= 4 is 27.7 Å². The second-order valence-electron chi connectivity index (χ2n) is 4.49. The minimum absolute atomic E-state index is 0.198. The Bertz CT molecular complexity index is 417. The molecule has 0 saturated carbocycles. The fraction of sp³-hybridized carbons (Fsp3) is 0.417. The third-order valence-corrected chi connectivity index (χ3v) is 3.29. The number of carbonyl (C=O) groups excluding carboxylic acids is 1. The van der Waals surface area contributed by atoms with E-state index in [9.17, 15) is 4.79 Å². The van der Waals surface area contributed by atoms with Gasteiger partial charge in [-0.1, -0.05) is 22.0 Å². The highest BCUT2D eigenvalue weighted by Crippen LogP contribution is 2.32. The highest BCUT2D eigenvalue weighted by molar-refractivity contribution is 9.10. The number of ether oxygens (including phenoxy) is 1. The van der Waals surface area contributed by atoms with Crippen LogP contribution in [-0.4, -0.2) is 18.2 Å². The Labute approximate surface area is 104 Å². The summed E-state index contributed by atoms with van der Waals surface area (Å²) in [6.45, 7) is 4.60. The summed E-state index contributed by atoms with van der Waals surface area (Å²) in [6, 6.07) is 7.69. The van der Waals surface area contributed by atoms with E-state index in [1.807, 2.05) is 38.1 Å². The molecule has 0 N–H and O–H groups in total. The summed E-state index contributed by atoms with van der Waals surface area (Å²) in [7, 11) is 0. The summed E-state index contributed by atoms with van der Waals surface area (Å²) in [5, 5.41) is 0. The number of halogens is 1. The lowest BCUT2D eigenvalue weighted by Gasteiger charge is -2.41. The van der Waals surface area contributed by atoms with E-state index in [1.165, 1.54) is 0 Å². The number of anilines is 1. The zero-order chi connectivity index (χ0) is 11.8. The van der Waals surface area contributed by atoms with Gasteiger partial charge >= 0.3 is 6.09 Å². The molecule has 2 rings (SSSR count). The van der Waals surface area contributed by atoms with Crippen molar-refractivity contribution in [3.8, 4) is 0 Å². The first kappa shape index (κ1) is 11.5. The number of cyclic esters (lactones) is 1. The van der Waals surface area contributed by atoms with Gasteiger partial charge in [-0.3, -0.25) is 4.90 Å². The van der Waals surface area contributed by atoms with Gasteiger partial charge in [-0.15, -0.1) is 0 Å². The van der Waals surface area contributed by atoms with Crippen LogP contribution >= 0.6 is 15.9 Å². The molecule has 1 aliphatic heterocycles. The van der Waals surface area contributed by atoms with E-state index >= 15 is 0 Å². The van der Waals surface area contributed by atoms with E-state index < -0.39 is 0 Å². The number of carbonyl (C=O) groups is 1. The maximum absolute atomic E-state index is 11.8. The number of hydrogen-bond donors (Lipinski definition) is 0. The Hall–Kier alpha value is -1.03. The lowest BCUT2D eigenvalue weighted by atomic mass is 9.97. The van der Waals surface area contributed by atoms with E-state index in [4.69, 9.17) is 4.74 Å². The van der Waals surface area contributed by atoms with Crippen molar-refractivity contribution in [3.05, 3.63) is 28.7 Å². The second-order valence-corrected chi connectivity index (χ2v) is 5.41. The molecule has 0 aromatic heterocycles. The van der Waals surface area contributed by atoms with Gasteiger partial charge in [0.15, 0.2) is 0 Å². The second kappa shape index (κ2) is 4.09. The molecular formula is C12H14BrNO2. The maximum atomic E-state index is 11.8. The molecule has 0 bridgehead atoms. The molecule has 1 aliphatic rings. The summed E-state index contributed by atoms with van der Waals surface area (Å²) < 4.78 is 6.05. The average molecular weight is 284 g/mol. The molecule has 1 amide bonds. The first-order chi connectivity index (χ1) is 7.50. The van der Waals surface area contributed by atoms with Crippen LogP contribution in [0, 0.1) is 0 Å². The molecule has 86 valence electrons. The van der Waals surface area contributed by atoms with Crippen LogP contribution in [0.25, 0.3) is 0 Å². The summed E-state index contributed by atoms with van der Waals surface area (Å²) in [5.41, 5.74) is 0.667. The van der Waals surface area contributed by atoms with Crippen LogP contribution in [-0.2, 0) is 4.74 Å². The van der Waals surface area contributed by atoms with Crippen molar-refractivity contribution in [1.29, 1.82) is 0 Å². The Morgan fingerprint density at radius 3 is 2.81 bits per heavy atom. The zero-order valence-corrected chi connectivity index (χ0v) is 11.0. The van der Waals surface area contributed by atoms with Gasteiger partial charge in [0.2, 0.25) is 0 Å². The standard InChI is InChI=1S/C12H14BrNO2/c1-12(2)6-7-16-11(15)14(12)10-5-3-4-9(13)8-10/h3-5,8H,6-7H2,1-2H3. The maximum Gasteiger partial charge on any atom is 0.414 e. The summed E-state index contributed by atoms with van der Waals surface area (Å²) in [6.07, 6.45) is 0.569. The lowest BCUT2D eigenvalue weighted by Crippen LogP contribution is -2.52. The first-order valence-corrected chi connectivity index (χ1v) is 6.02. The van der Waals surface area contributed by atoms with E-state index in [0.717, 1.165) is 16.6 Å². The van der Waals surface area contributed by atoms with Crippen LogP contribution in [0.5, 0.6) is 0 Å². The van der Waals surface area contributed by atoms with Gasteiger partial charge in [0.25, 0.3) is 0 Å². The Kier molecular flexibility index (Phi) is 2.93. The van der Waals surface area contributed by atoms with Crippen LogP contribution in [0.15, 0.2) is 28.7 Å². The van der Waals surface area contributed by atoms with E-state index in [2.05, 4.69) is 15.9 Å². The Morgan fingerprint density at radius 1 is 1.44 bits per heavy atom. The number of amides is 1. The lowest BCUT2D eigenvalue weighted by molar-refractivity contribution is 0.115. The molecule has 3 nitrogen and oxygen atoms in total. The molecule has 4 heteroatoms. The van der Waals surface area contributed by atoms with Crippen LogP contribution < -0.4 is 4.90 Å². The van der Waals surface area contributed by atoms with Crippen LogP contribution in [0.3, 0.4) is 0 Å². The molecular weight excluding hydrogens is 270 g/mol. The average Bonchev–Trinajstić information content (AvgIpc) is 2.15. The topological polar surface area (TPSA) is 29.5 Å². The van der Waals surface area contributed by atoms with Crippen LogP contribution in [0.4, 0.5) is 10.5 Å². The fourth-order valence-corrected chi connectivity index (χ4v) is 2.27. The molecule has 1 heterocycles. The van der Waals surface area contributed by atoms with Crippen molar-refractivity contribution < 1.29 is 9.53 Å². The third kappa shape index (κ3) is 2.07. The normalized spacial score (nSPS) is 19.4. The quantitative estimate of drug-likeness (QED) is 0.789. The number of nitrogens with zero attached hydrogens (tertiary/aromatic N) is 1. The highest BCUT2D eigenvalue weighted by Gasteiger charge is 2.37. The minimum Gasteiger partial charge on any atom is -0.449 e. The summed E-state index contributed by atoms with van der Waals surface area (Å²) >= 11 is 3.41. The molecule has 1 fully saturated rings. The Morgan fingerprint density at radius 2 is 2.19 bits per heavy atom. The van der Waals surface area contributed by atoms with Gasteiger partial charge in [0, 0.05) is 22.1 Å². The van der Waals surface area contributed by atoms with Crippen molar-refractivity contribution in [2.24, 2.45) is 0 Å². The molecule has 0 spiro atoms. The molecule has 16 heavy (non-hydrogen) atoms. The van der Waals surface area contributed by atoms with E-state index in [-0.39, 0.29) is 11.6 Å². The summed E-state index contributed by atoms with van der Waals surface area (Å²) in [4.78, 5) is 13.5. The van der Waals surface area contributed by atoms with Gasteiger partial charge in [-0.25, -0.2) is 4.79 Å². The largest absolute Gasteiger partial charge is 0.449 e. The van der Waals surface area contributed by atoms with Crippen LogP contribution in [0.1, 0.15) is 20.3 Å². The first-order valence-electron chi connectivity index (χ1n) is 5.23. The van der Waals surface area contributed by atoms with Crippen molar-refractivity contribution in [2.75, 3.05) is 11.5 Å². The molecule has 0 radical (unpaired) electrons. The van der Waals surface area contributed by atoms with Gasteiger partial charge in [-0.2, -0.15) is 0 Å². The van der Waals surface area contributed by atoms with Gasteiger partial charge in [-0.05, 0) is 32.0 Å². The molecule has 1 aromatic rings. The zero-order valence-electron chi connectivity index (χ0n) is 9.37. The van der Waals surface area contributed by atoms with Crippen molar-refractivity contribution in [3.63, 3.8) is 0 Å². The predicted molar refractivity (Wildman–Crippen MR) is 66.7 cm³/mol. The third-order valence-electron chi connectivity index (χ3n) is 2.79. The molecule has 0 unspecified atom stereocenters. The molecule has 1 aromatic carbocycles.